The maximum absolute atomic E-state index is 7.82. The smallest absolute Gasteiger partial charge is 0.135 e. The van der Waals surface area contributed by atoms with Gasteiger partial charge < -0.3 is 4.57 Å². The van der Waals surface area contributed by atoms with E-state index in [1.807, 2.05) is 102 Å². The van der Waals surface area contributed by atoms with Gasteiger partial charge in [-0.05, 0) is 159 Å². The van der Waals surface area contributed by atoms with E-state index >= 15 is 0 Å². The minimum absolute atomic E-state index is 0.0410. The molecule has 15 rings (SSSR count). The van der Waals surface area contributed by atoms with Crippen molar-refractivity contribution in [2.24, 2.45) is 0 Å². The van der Waals surface area contributed by atoms with Crippen LogP contribution in [0.2, 0.25) is 0 Å². The largest absolute Gasteiger partial charge is 0.309 e. The quantitative estimate of drug-likeness (QED) is 0.143. The van der Waals surface area contributed by atoms with E-state index in [9.17, 15) is 0 Å². The molecule has 0 saturated heterocycles. The molecule has 9 aromatic carbocycles. The van der Waals surface area contributed by atoms with E-state index in [1.54, 1.807) is 18.2 Å². The van der Waals surface area contributed by atoms with Crippen LogP contribution >= 0.6 is 0 Å². The third-order valence-corrected chi connectivity index (χ3v) is 19.7. The summed E-state index contributed by atoms with van der Waals surface area (Å²) < 4.78 is 77.7. The first-order valence-corrected chi connectivity index (χ1v) is 39.7. The summed E-state index contributed by atoms with van der Waals surface area (Å²) in [6, 6.07) is 101. The molecular weight excluding hydrogens is 1400 g/mol. The van der Waals surface area contributed by atoms with Crippen molar-refractivity contribution in [1.82, 2.24) is 34.5 Å². The lowest BCUT2D eigenvalue weighted by atomic mass is 9.78. The standard InChI is InChI=1S/C22H21N.2C21H21N.C20H20N2.2C12H19N/c1-22(2,3)16-13-14-21-19(15-16)18-11-7-8-12-20(18)23(21)17-9-5-4-6-10-17;1-21(2,3)20-18(16-10-6-4-7-11-16)14-22-15-19(20)17-12-8-5-9-13-17;1-21(2,3)18-14-19(16-10-6-4-7-11-16)22-20(15-18)17-12-8-5-9-13-17;1-20(2,3)19-21-17(15-10-6-4-7-11-15)14-18(22-19)16-12-8-5-9-13-16;1-6-11-8-10(12(3,4)5)7-9(2)13-11;1-6-11-10(12(3,4)5)8-7-9(2)13-11/h4-15H,1-3H3;2*4-15H,1-3H3;4-14H,1-3H3;2*7-8H,6H2,1-5H3/i;;;;2*2D3,6D2. The van der Waals surface area contributed by atoms with Gasteiger partial charge in [-0.3, -0.25) is 15.0 Å². The Kier molecular flexibility index (Phi) is 23.7. The van der Waals surface area contributed by atoms with Crippen molar-refractivity contribution < 1.29 is 13.7 Å². The maximum Gasteiger partial charge on any atom is 0.135 e. The summed E-state index contributed by atoms with van der Waals surface area (Å²) in [4.78, 5) is 27.0. The molecule has 0 aliphatic carbocycles. The molecule has 115 heavy (non-hydrogen) atoms. The lowest BCUT2D eigenvalue weighted by Gasteiger charge is -2.26. The Morgan fingerprint density at radius 3 is 1.10 bits per heavy atom. The number of hydrogen-bond acceptors (Lipinski definition) is 6. The predicted octanol–water partition coefficient (Wildman–Crippen LogP) is 29.1. The van der Waals surface area contributed by atoms with Crippen LogP contribution in [0.15, 0.2) is 310 Å². The molecule has 0 atom stereocenters. The van der Waals surface area contributed by atoms with Gasteiger partial charge in [-0.1, -0.05) is 369 Å². The van der Waals surface area contributed by atoms with Crippen molar-refractivity contribution in [2.75, 3.05) is 0 Å². The Morgan fingerprint density at radius 2 is 0.704 bits per heavy atom. The second kappa shape index (κ2) is 37.6. The van der Waals surface area contributed by atoms with Gasteiger partial charge in [0.15, 0.2) is 0 Å². The summed E-state index contributed by atoms with van der Waals surface area (Å²) in [5, 5.41) is 2.65. The van der Waals surface area contributed by atoms with Gasteiger partial charge >= 0.3 is 0 Å². The zero-order valence-electron chi connectivity index (χ0n) is 81.1. The number of aryl methyl sites for hydroxylation is 4. The van der Waals surface area contributed by atoms with Crippen LogP contribution in [0.4, 0.5) is 0 Å². The van der Waals surface area contributed by atoms with Crippen LogP contribution in [0.5, 0.6) is 0 Å². The molecule has 0 bridgehead atoms. The van der Waals surface area contributed by atoms with Crippen LogP contribution in [-0.4, -0.2) is 34.5 Å². The summed E-state index contributed by atoms with van der Waals surface area (Å²) in [5.74, 6) is 0.868. The van der Waals surface area contributed by atoms with Crippen LogP contribution < -0.4 is 0 Å². The molecule has 0 unspecified atom stereocenters. The molecule has 0 saturated carbocycles. The second-order valence-corrected chi connectivity index (χ2v) is 35.0. The number of para-hydroxylation sites is 2. The second-order valence-electron chi connectivity index (χ2n) is 35.0. The lowest BCUT2D eigenvalue weighted by Crippen LogP contribution is -2.16. The van der Waals surface area contributed by atoms with Gasteiger partial charge in [0, 0.05) is 104 Å². The Morgan fingerprint density at radius 1 is 0.304 bits per heavy atom. The first kappa shape index (κ1) is 72.4. The highest BCUT2D eigenvalue weighted by Gasteiger charge is 2.26. The van der Waals surface area contributed by atoms with E-state index < -0.39 is 26.4 Å². The van der Waals surface area contributed by atoms with Crippen molar-refractivity contribution >= 4 is 21.8 Å². The van der Waals surface area contributed by atoms with E-state index in [4.69, 9.17) is 28.7 Å². The van der Waals surface area contributed by atoms with Crippen molar-refractivity contribution in [1.29, 1.82) is 0 Å². The Bertz CT molecular complexity index is 5650. The lowest BCUT2D eigenvalue weighted by molar-refractivity contribution is 0.547. The first-order chi connectivity index (χ1) is 58.3. The summed E-state index contributed by atoms with van der Waals surface area (Å²) >= 11 is 0. The summed E-state index contributed by atoms with van der Waals surface area (Å²) in [6.45, 7) is 36.6. The number of nitrogens with zero attached hydrogens (tertiary/aromatic N) is 7. The Hall–Kier alpha value is -11.5. The highest BCUT2D eigenvalue weighted by Crippen LogP contribution is 2.41. The molecule has 0 aliphatic rings. The van der Waals surface area contributed by atoms with Crippen LogP contribution in [0.3, 0.4) is 0 Å². The van der Waals surface area contributed by atoms with E-state index in [0.717, 1.165) is 62.0 Å². The number of aromatic nitrogens is 7. The van der Waals surface area contributed by atoms with E-state index in [2.05, 4.69) is 327 Å². The third-order valence-electron chi connectivity index (χ3n) is 19.7. The van der Waals surface area contributed by atoms with Crippen molar-refractivity contribution in [2.45, 2.75) is 197 Å². The molecule has 6 heterocycles. The van der Waals surface area contributed by atoms with Gasteiger partial charge in [0.05, 0.1) is 33.8 Å². The van der Waals surface area contributed by atoms with Crippen molar-refractivity contribution in [3.05, 3.63) is 366 Å². The monoisotopic (exact) mass is 1530 g/mol. The van der Waals surface area contributed by atoms with Crippen LogP contribution in [0, 0.1) is 13.7 Å². The van der Waals surface area contributed by atoms with Gasteiger partial charge in [-0.2, -0.15) is 0 Å². The average molecular weight is 1530 g/mol. The minimum Gasteiger partial charge on any atom is -0.309 e. The first-order valence-electron chi connectivity index (χ1n) is 44.7. The molecule has 0 spiro atoms. The van der Waals surface area contributed by atoms with Gasteiger partial charge in [-0.25, -0.2) is 15.0 Å². The minimum atomic E-state index is -2.32. The number of benzene rings is 9. The van der Waals surface area contributed by atoms with E-state index in [1.165, 1.54) is 86.4 Å². The predicted molar refractivity (Wildman–Crippen MR) is 493 cm³/mol. The van der Waals surface area contributed by atoms with Gasteiger partial charge in [-0.15, -0.1) is 0 Å². The van der Waals surface area contributed by atoms with Gasteiger partial charge in [0.25, 0.3) is 0 Å². The molecule has 0 N–H and O–H groups in total. The van der Waals surface area contributed by atoms with Gasteiger partial charge in [0.2, 0.25) is 0 Å². The molecule has 0 aliphatic heterocycles. The van der Waals surface area contributed by atoms with E-state index in [-0.39, 0.29) is 55.3 Å². The molecule has 6 aromatic heterocycles. The van der Waals surface area contributed by atoms with Crippen molar-refractivity contribution in [3.8, 4) is 73.0 Å². The van der Waals surface area contributed by atoms with Crippen LogP contribution in [0.1, 0.15) is 209 Å². The molecule has 0 fully saturated rings. The summed E-state index contributed by atoms with van der Waals surface area (Å²) in [6.07, 6.45) is 0.663. The molecule has 7 nitrogen and oxygen atoms in total. The normalized spacial score (nSPS) is 13.4. The fourth-order valence-corrected chi connectivity index (χ4v) is 13.4. The molecule has 588 valence electrons. The van der Waals surface area contributed by atoms with Crippen LogP contribution in [0.25, 0.3) is 94.8 Å². The molecule has 15 aromatic rings. The van der Waals surface area contributed by atoms with Crippen molar-refractivity contribution in [3.63, 3.8) is 0 Å². The van der Waals surface area contributed by atoms with E-state index in [0.29, 0.717) is 0 Å². The Labute approximate surface area is 702 Å². The number of rotatable bonds is 9. The topological polar surface area (TPSA) is 82.3 Å². The molecule has 7 heteroatoms. The zero-order chi connectivity index (χ0) is 91.5. The third kappa shape index (κ3) is 23.1. The summed E-state index contributed by atoms with van der Waals surface area (Å²) in [5.41, 5.74) is 22.7. The molecular formula is C108H121N7. The highest BCUT2D eigenvalue weighted by molar-refractivity contribution is 6.09. The summed E-state index contributed by atoms with van der Waals surface area (Å²) in [7, 11) is 0. The fraction of sp³-hybridized carbons (Fsp3) is 0.278. The molecule has 0 radical (unpaired) electrons. The average Bonchev–Trinajstić information content (AvgIpc) is 1.59. The number of fused-ring (bicyclic) bond motifs is 3. The zero-order valence-corrected chi connectivity index (χ0v) is 71.1. The number of pyridine rings is 4. The SMILES string of the molecule is CC(C)(C)c1c(-c2ccccc2)cncc1-c1ccccc1.CC(C)(C)c1cc(-c2ccccc2)nc(-c2ccccc2)c1.CC(C)(C)c1ccc2c(c1)c1ccccc1n2-c1ccccc1.CC(C)(C)c1nc(-c2ccccc2)cc(-c2ccccc2)n1.[2H]C([2H])([2H])c1cc(C(C)(C)C)cc(C([2H])([2H])C)n1.[2H]C([2H])([2H])c1ccc(C(C)(C)C)c(C([2H])([2H])C)n1. The fourth-order valence-electron chi connectivity index (χ4n) is 13.4. The molecule has 0 amide bonds. The van der Waals surface area contributed by atoms with Gasteiger partial charge in [0.1, 0.15) is 5.82 Å². The van der Waals surface area contributed by atoms with Crippen LogP contribution in [-0.2, 0) is 45.2 Å². The maximum atomic E-state index is 7.82. The number of hydrogen-bond donors (Lipinski definition) is 0. The Balaban J connectivity index is 0.000000157. The highest BCUT2D eigenvalue weighted by atomic mass is 15.0.